The van der Waals surface area contributed by atoms with Crippen molar-refractivity contribution in [3.8, 4) is 0 Å². The molecule has 0 atom stereocenters. The van der Waals surface area contributed by atoms with Crippen LogP contribution in [0.5, 0.6) is 0 Å². The minimum absolute atomic E-state index is 0.403. The van der Waals surface area contributed by atoms with E-state index in [1.54, 1.807) is 17.5 Å². The van der Waals surface area contributed by atoms with Gasteiger partial charge in [-0.3, -0.25) is 0 Å². The molecule has 0 amide bonds. The van der Waals surface area contributed by atoms with Crippen LogP contribution in [0.25, 0.3) is 0 Å². The van der Waals surface area contributed by atoms with Crippen LogP contribution in [0, 0.1) is 0 Å². The molecule has 0 radical (unpaired) electrons. The van der Waals surface area contributed by atoms with Crippen LogP contribution in [-0.2, 0) is 6.42 Å². The summed E-state index contributed by atoms with van der Waals surface area (Å²) >= 11 is 7.22. The van der Waals surface area contributed by atoms with Gasteiger partial charge >= 0.3 is 0 Å². The largest absolute Gasteiger partial charge is 0.368 e. The Hall–Kier alpha value is -1.20. The minimum atomic E-state index is 0.403. The summed E-state index contributed by atoms with van der Waals surface area (Å²) in [7, 11) is 0. The first-order chi connectivity index (χ1) is 7.34. The summed E-state index contributed by atoms with van der Waals surface area (Å²) in [6.07, 6.45) is 4.02. The Labute approximate surface area is 96.4 Å². The third-order valence-corrected chi connectivity index (χ3v) is 2.62. The average Bonchev–Trinajstić information content (AvgIpc) is 2.74. The van der Waals surface area contributed by atoms with E-state index >= 15 is 0 Å². The maximum atomic E-state index is 5.62. The lowest BCUT2D eigenvalue weighted by Gasteiger charge is -2.02. The number of nitrogens with zero attached hydrogens (tertiary/aromatic N) is 3. The second-order valence-electron chi connectivity index (χ2n) is 2.88. The van der Waals surface area contributed by atoms with E-state index in [1.807, 2.05) is 10.9 Å². The highest BCUT2D eigenvalue weighted by atomic mass is 35.5. The van der Waals surface area contributed by atoms with E-state index in [4.69, 9.17) is 11.6 Å². The van der Waals surface area contributed by atoms with E-state index in [0.717, 1.165) is 24.5 Å². The van der Waals surface area contributed by atoms with Crippen LogP contribution in [0.1, 0.15) is 5.69 Å². The molecule has 0 aliphatic heterocycles. The Balaban J connectivity index is 1.81. The van der Waals surface area contributed by atoms with E-state index in [9.17, 15) is 0 Å². The maximum absolute atomic E-state index is 5.62. The van der Waals surface area contributed by atoms with Crippen molar-refractivity contribution in [2.24, 2.45) is 0 Å². The van der Waals surface area contributed by atoms with Gasteiger partial charge < -0.3 is 5.32 Å². The van der Waals surface area contributed by atoms with Crippen molar-refractivity contribution in [3.63, 3.8) is 0 Å². The van der Waals surface area contributed by atoms with Crippen LogP contribution >= 0.6 is 22.9 Å². The van der Waals surface area contributed by atoms with Gasteiger partial charge in [0.2, 0.25) is 0 Å². The van der Waals surface area contributed by atoms with Crippen molar-refractivity contribution >= 4 is 28.8 Å². The molecule has 2 aromatic heterocycles. The second kappa shape index (κ2) is 5.04. The van der Waals surface area contributed by atoms with Crippen LogP contribution < -0.4 is 5.32 Å². The molecular formula is C9H9ClN4S. The van der Waals surface area contributed by atoms with Crippen LogP contribution in [0.2, 0.25) is 5.15 Å². The van der Waals surface area contributed by atoms with Crippen molar-refractivity contribution in [2.75, 3.05) is 11.9 Å². The number of nitrogens with one attached hydrogen (secondary N) is 1. The van der Waals surface area contributed by atoms with Gasteiger partial charge in [0.1, 0.15) is 11.0 Å². The molecule has 78 valence electrons. The molecule has 6 heteroatoms. The fourth-order valence-corrected chi connectivity index (χ4v) is 1.77. The van der Waals surface area contributed by atoms with E-state index in [0.29, 0.717) is 5.15 Å². The SMILES string of the molecule is Clc1cnc(NCCc2cscn2)cn1. The molecule has 0 bridgehead atoms. The van der Waals surface area contributed by atoms with Gasteiger partial charge in [-0.05, 0) is 0 Å². The van der Waals surface area contributed by atoms with E-state index in [1.165, 1.54) is 6.20 Å². The lowest BCUT2D eigenvalue weighted by atomic mass is 10.3. The monoisotopic (exact) mass is 240 g/mol. The van der Waals surface area contributed by atoms with Gasteiger partial charge in [0, 0.05) is 18.3 Å². The molecule has 2 aromatic rings. The summed E-state index contributed by atoms with van der Waals surface area (Å²) < 4.78 is 0. The van der Waals surface area contributed by atoms with Crippen LogP contribution in [0.4, 0.5) is 5.82 Å². The Morgan fingerprint density at radius 3 is 2.87 bits per heavy atom. The minimum Gasteiger partial charge on any atom is -0.368 e. The maximum Gasteiger partial charge on any atom is 0.147 e. The fourth-order valence-electron chi connectivity index (χ4n) is 1.08. The van der Waals surface area contributed by atoms with Gasteiger partial charge in [0.25, 0.3) is 0 Å². The summed E-state index contributed by atoms with van der Waals surface area (Å²) in [5.41, 5.74) is 2.92. The standard InChI is InChI=1S/C9H9ClN4S/c10-8-3-13-9(4-12-8)11-2-1-7-5-15-6-14-7/h3-6H,1-2H2,(H,11,13). The molecule has 0 unspecified atom stereocenters. The first-order valence-electron chi connectivity index (χ1n) is 4.43. The predicted molar refractivity (Wildman–Crippen MR) is 61.3 cm³/mol. The zero-order valence-corrected chi connectivity index (χ0v) is 9.42. The number of hydrogen-bond donors (Lipinski definition) is 1. The molecule has 2 rings (SSSR count). The van der Waals surface area contributed by atoms with Crippen LogP contribution in [-0.4, -0.2) is 21.5 Å². The zero-order valence-electron chi connectivity index (χ0n) is 7.85. The summed E-state index contributed by atoms with van der Waals surface area (Å²) in [4.78, 5) is 12.2. The molecule has 0 saturated carbocycles. The molecule has 0 fully saturated rings. The Kier molecular flexibility index (Phi) is 3.47. The number of thiazole rings is 1. The molecule has 0 aromatic carbocycles. The van der Waals surface area contributed by atoms with Crippen molar-refractivity contribution in [3.05, 3.63) is 34.1 Å². The van der Waals surface area contributed by atoms with Gasteiger partial charge in [0.15, 0.2) is 0 Å². The van der Waals surface area contributed by atoms with Gasteiger partial charge in [-0.1, -0.05) is 11.6 Å². The molecular weight excluding hydrogens is 232 g/mol. The highest BCUT2D eigenvalue weighted by Crippen LogP contribution is 2.06. The van der Waals surface area contributed by atoms with Gasteiger partial charge in [-0.2, -0.15) is 0 Å². The fraction of sp³-hybridized carbons (Fsp3) is 0.222. The molecule has 15 heavy (non-hydrogen) atoms. The van der Waals surface area contributed by atoms with E-state index < -0.39 is 0 Å². The Bertz CT molecular complexity index is 401. The predicted octanol–water partition coefficient (Wildman–Crippen LogP) is 2.24. The highest BCUT2D eigenvalue weighted by Gasteiger charge is 1.96. The number of hydrogen-bond acceptors (Lipinski definition) is 5. The second-order valence-corrected chi connectivity index (χ2v) is 3.99. The van der Waals surface area contributed by atoms with Crippen LogP contribution in [0.15, 0.2) is 23.3 Å². The van der Waals surface area contributed by atoms with Gasteiger partial charge in [0.05, 0.1) is 23.6 Å². The molecule has 1 N–H and O–H groups in total. The molecule has 0 saturated heterocycles. The lowest BCUT2D eigenvalue weighted by Crippen LogP contribution is -2.06. The van der Waals surface area contributed by atoms with Gasteiger partial charge in [-0.15, -0.1) is 11.3 Å². The third-order valence-electron chi connectivity index (χ3n) is 1.79. The van der Waals surface area contributed by atoms with Crippen molar-refractivity contribution < 1.29 is 0 Å². The summed E-state index contributed by atoms with van der Waals surface area (Å²) in [6.45, 7) is 0.792. The third kappa shape index (κ3) is 3.14. The lowest BCUT2D eigenvalue weighted by molar-refractivity contribution is 0.964. The molecule has 4 nitrogen and oxygen atoms in total. The van der Waals surface area contributed by atoms with Crippen molar-refractivity contribution in [2.45, 2.75) is 6.42 Å². The van der Waals surface area contributed by atoms with Gasteiger partial charge in [-0.25, -0.2) is 15.0 Å². The number of halogens is 1. The number of anilines is 1. The van der Waals surface area contributed by atoms with E-state index in [-0.39, 0.29) is 0 Å². The molecule has 0 aliphatic rings. The summed E-state index contributed by atoms with van der Waals surface area (Å²) in [5.74, 6) is 0.731. The summed E-state index contributed by atoms with van der Waals surface area (Å²) in [6, 6.07) is 0. The number of aromatic nitrogens is 3. The van der Waals surface area contributed by atoms with E-state index in [2.05, 4.69) is 20.3 Å². The highest BCUT2D eigenvalue weighted by molar-refractivity contribution is 7.07. The Morgan fingerprint density at radius 1 is 1.27 bits per heavy atom. The smallest absolute Gasteiger partial charge is 0.147 e. The molecule has 0 aliphatic carbocycles. The molecule has 0 spiro atoms. The molecule has 2 heterocycles. The quantitative estimate of drug-likeness (QED) is 0.891. The summed E-state index contributed by atoms with van der Waals surface area (Å²) in [5, 5.41) is 5.58. The van der Waals surface area contributed by atoms with Crippen molar-refractivity contribution in [1.82, 2.24) is 15.0 Å². The first kappa shape index (κ1) is 10.3. The van der Waals surface area contributed by atoms with Crippen LogP contribution in [0.3, 0.4) is 0 Å². The number of rotatable bonds is 4. The first-order valence-corrected chi connectivity index (χ1v) is 5.75. The normalized spacial score (nSPS) is 10.2. The Morgan fingerprint density at radius 2 is 2.20 bits per heavy atom. The zero-order chi connectivity index (χ0) is 10.5. The average molecular weight is 241 g/mol. The van der Waals surface area contributed by atoms with Crippen molar-refractivity contribution in [1.29, 1.82) is 0 Å². The topological polar surface area (TPSA) is 50.7 Å².